The first-order valence-electron chi connectivity index (χ1n) is 5.19. The lowest BCUT2D eigenvalue weighted by Crippen LogP contribution is -2.07. The van der Waals surface area contributed by atoms with Gasteiger partial charge in [-0.2, -0.15) is 0 Å². The van der Waals surface area contributed by atoms with Gasteiger partial charge in [0, 0.05) is 5.33 Å². The van der Waals surface area contributed by atoms with Crippen molar-refractivity contribution in [3.05, 3.63) is 29.8 Å². The molecule has 0 radical (unpaired) electrons. The molecular weight excluding hydrogens is 256 g/mol. The van der Waals surface area contributed by atoms with E-state index in [1.54, 1.807) is 7.11 Å². The van der Waals surface area contributed by atoms with Crippen molar-refractivity contribution in [2.45, 2.75) is 25.0 Å². The van der Waals surface area contributed by atoms with Gasteiger partial charge in [0.15, 0.2) is 0 Å². The summed E-state index contributed by atoms with van der Waals surface area (Å²) < 4.78 is 11.0. The summed E-state index contributed by atoms with van der Waals surface area (Å²) in [5, 5.41) is 0.843. The third-order valence-electron chi connectivity index (χ3n) is 2.51. The second-order valence-electron chi connectivity index (χ2n) is 3.75. The first kappa shape index (κ1) is 11.0. The van der Waals surface area contributed by atoms with Gasteiger partial charge in [-0.05, 0) is 30.5 Å². The van der Waals surface area contributed by atoms with Crippen LogP contribution >= 0.6 is 15.9 Å². The number of benzene rings is 1. The quantitative estimate of drug-likeness (QED) is 0.765. The number of methoxy groups -OCH3 is 1. The zero-order valence-electron chi connectivity index (χ0n) is 8.78. The van der Waals surface area contributed by atoms with Crippen LogP contribution < -0.4 is 4.74 Å². The summed E-state index contributed by atoms with van der Waals surface area (Å²) >= 11 is 3.49. The zero-order chi connectivity index (χ0) is 10.7. The number of halogens is 1. The Labute approximate surface area is 98.7 Å². The van der Waals surface area contributed by atoms with Crippen molar-refractivity contribution in [2.24, 2.45) is 0 Å². The van der Waals surface area contributed by atoms with Crippen molar-refractivity contribution in [3.8, 4) is 5.75 Å². The van der Waals surface area contributed by atoms with Gasteiger partial charge in [0.25, 0.3) is 0 Å². The van der Waals surface area contributed by atoms with Crippen LogP contribution in [0.5, 0.6) is 5.75 Å². The van der Waals surface area contributed by atoms with Crippen LogP contribution in [0.25, 0.3) is 0 Å². The van der Waals surface area contributed by atoms with Crippen LogP contribution in [-0.2, 0) is 4.74 Å². The molecule has 0 heterocycles. The van der Waals surface area contributed by atoms with Gasteiger partial charge in [0.1, 0.15) is 5.75 Å². The molecular formula is C12H15BrO2. The van der Waals surface area contributed by atoms with Crippen molar-refractivity contribution in [2.75, 3.05) is 12.4 Å². The Morgan fingerprint density at radius 1 is 1.33 bits per heavy atom. The second-order valence-corrected chi connectivity index (χ2v) is 4.40. The minimum Gasteiger partial charge on any atom is -0.497 e. The predicted molar refractivity (Wildman–Crippen MR) is 63.6 cm³/mol. The molecule has 1 aliphatic rings. The summed E-state index contributed by atoms with van der Waals surface area (Å²) in [6, 6.07) is 8.07. The van der Waals surface area contributed by atoms with E-state index in [0.717, 1.165) is 11.1 Å². The molecule has 0 N–H and O–H groups in total. The summed E-state index contributed by atoms with van der Waals surface area (Å²) in [5.74, 6) is 0.887. The largest absolute Gasteiger partial charge is 0.497 e. The third kappa shape index (κ3) is 2.95. The highest BCUT2D eigenvalue weighted by Crippen LogP contribution is 2.32. The predicted octanol–water partition coefficient (Wildman–Crippen LogP) is 3.31. The second kappa shape index (κ2) is 4.99. The van der Waals surface area contributed by atoms with Crippen LogP contribution in [0.15, 0.2) is 24.3 Å². The molecule has 82 valence electrons. The highest BCUT2D eigenvalue weighted by atomic mass is 79.9. The molecule has 0 aromatic heterocycles. The molecule has 0 saturated heterocycles. The summed E-state index contributed by atoms with van der Waals surface area (Å²) in [7, 11) is 1.68. The molecule has 2 nitrogen and oxygen atoms in total. The smallest absolute Gasteiger partial charge is 0.118 e. The van der Waals surface area contributed by atoms with Gasteiger partial charge >= 0.3 is 0 Å². The van der Waals surface area contributed by atoms with Gasteiger partial charge < -0.3 is 9.47 Å². The van der Waals surface area contributed by atoms with E-state index in [1.165, 1.54) is 18.4 Å². The van der Waals surface area contributed by atoms with Gasteiger partial charge in [0.2, 0.25) is 0 Å². The first-order chi connectivity index (χ1) is 7.33. The van der Waals surface area contributed by atoms with Crippen LogP contribution in [0.3, 0.4) is 0 Å². The fraction of sp³-hybridized carbons (Fsp3) is 0.500. The Morgan fingerprint density at radius 2 is 2.00 bits per heavy atom. The molecule has 15 heavy (non-hydrogen) atoms. The summed E-state index contributed by atoms with van der Waals surface area (Å²) in [6.45, 7) is 0. The molecule has 0 spiro atoms. The molecule has 0 aliphatic heterocycles. The third-order valence-corrected chi connectivity index (χ3v) is 3.10. The fourth-order valence-electron chi connectivity index (χ4n) is 1.46. The van der Waals surface area contributed by atoms with Gasteiger partial charge in [-0.3, -0.25) is 0 Å². The van der Waals surface area contributed by atoms with Crippen LogP contribution in [0.2, 0.25) is 0 Å². The van der Waals surface area contributed by atoms with E-state index in [1.807, 2.05) is 12.1 Å². The molecule has 1 aliphatic carbocycles. The van der Waals surface area contributed by atoms with E-state index in [0.29, 0.717) is 6.10 Å². The Morgan fingerprint density at radius 3 is 2.47 bits per heavy atom. The normalized spacial score (nSPS) is 17.5. The van der Waals surface area contributed by atoms with Gasteiger partial charge in [-0.15, -0.1) is 0 Å². The van der Waals surface area contributed by atoms with Crippen molar-refractivity contribution in [1.82, 2.24) is 0 Å². The first-order valence-corrected chi connectivity index (χ1v) is 6.31. The summed E-state index contributed by atoms with van der Waals surface area (Å²) in [4.78, 5) is 0. The van der Waals surface area contributed by atoms with Crippen LogP contribution in [0, 0.1) is 0 Å². The maximum atomic E-state index is 5.88. The Bertz CT molecular complexity index is 306. The minimum absolute atomic E-state index is 0.170. The molecule has 1 aromatic rings. The number of hydrogen-bond donors (Lipinski definition) is 0. The van der Waals surface area contributed by atoms with Crippen LogP contribution in [0.4, 0.5) is 0 Å². The summed E-state index contributed by atoms with van der Waals surface area (Å²) in [5.41, 5.74) is 1.21. The number of hydrogen-bond acceptors (Lipinski definition) is 2. The number of rotatable bonds is 5. The van der Waals surface area contributed by atoms with E-state index in [-0.39, 0.29) is 6.10 Å². The van der Waals surface area contributed by atoms with E-state index in [2.05, 4.69) is 28.1 Å². The van der Waals surface area contributed by atoms with Crippen molar-refractivity contribution >= 4 is 15.9 Å². The monoisotopic (exact) mass is 270 g/mol. The molecule has 1 fully saturated rings. The molecule has 2 rings (SSSR count). The lowest BCUT2D eigenvalue weighted by molar-refractivity contribution is 0.0559. The lowest BCUT2D eigenvalue weighted by Gasteiger charge is -2.15. The SMILES string of the molecule is COc1ccc(C(CBr)OC2CC2)cc1. The molecule has 1 aromatic carbocycles. The Kier molecular flexibility index (Phi) is 3.65. The van der Waals surface area contributed by atoms with Crippen LogP contribution in [0.1, 0.15) is 24.5 Å². The molecule has 1 atom stereocenters. The van der Waals surface area contributed by atoms with E-state index >= 15 is 0 Å². The number of alkyl halides is 1. The average Bonchev–Trinajstić information content (AvgIpc) is 3.10. The van der Waals surface area contributed by atoms with Crippen molar-refractivity contribution in [3.63, 3.8) is 0 Å². The van der Waals surface area contributed by atoms with E-state index in [9.17, 15) is 0 Å². The summed E-state index contributed by atoms with van der Waals surface area (Å²) in [6.07, 6.45) is 3.07. The van der Waals surface area contributed by atoms with E-state index in [4.69, 9.17) is 9.47 Å². The van der Waals surface area contributed by atoms with Gasteiger partial charge in [0.05, 0.1) is 19.3 Å². The maximum Gasteiger partial charge on any atom is 0.118 e. The Hall–Kier alpha value is -0.540. The minimum atomic E-state index is 0.170. The Balaban J connectivity index is 2.03. The van der Waals surface area contributed by atoms with Gasteiger partial charge in [-0.1, -0.05) is 28.1 Å². The van der Waals surface area contributed by atoms with Crippen LogP contribution in [-0.4, -0.2) is 18.5 Å². The topological polar surface area (TPSA) is 18.5 Å². The fourth-order valence-corrected chi connectivity index (χ4v) is 1.99. The van der Waals surface area contributed by atoms with E-state index < -0.39 is 0 Å². The lowest BCUT2D eigenvalue weighted by atomic mass is 10.1. The van der Waals surface area contributed by atoms with Crippen molar-refractivity contribution < 1.29 is 9.47 Å². The number of ether oxygens (including phenoxy) is 2. The van der Waals surface area contributed by atoms with Crippen molar-refractivity contribution in [1.29, 1.82) is 0 Å². The maximum absolute atomic E-state index is 5.88. The van der Waals surface area contributed by atoms with Gasteiger partial charge in [-0.25, -0.2) is 0 Å². The highest BCUT2D eigenvalue weighted by Gasteiger charge is 2.26. The molecule has 1 unspecified atom stereocenters. The molecule has 3 heteroatoms. The highest BCUT2D eigenvalue weighted by molar-refractivity contribution is 9.09. The molecule has 0 amide bonds. The standard InChI is InChI=1S/C12H15BrO2/c1-14-10-4-2-9(3-5-10)12(8-13)15-11-6-7-11/h2-5,11-12H,6-8H2,1H3. The average molecular weight is 271 g/mol. The molecule has 0 bridgehead atoms. The zero-order valence-corrected chi connectivity index (χ0v) is 10.4. The molecule has 1 saturated carbocycles.